The minimum atomic E-state index is -4.61. The fraction of sp³-hybridized carbons (Fsp3) is 0.533. The molecule has 0 fully saturated rings. The van der Waals surface area contributed by atoms with Gasteiger partial charge >= 0.3 is 6.18 Å². The van der Waals surface area contributed by atoms with E-state index >= 15 is 0 Å². The van der Waals surface area contributed by atoms with E-state index < -0.39 is 20.1 Å². The van der Waals surface area contributed by atoms with Gasteiger partial charge in [-0.1, -0.05) is 19.6 Å². The van der Waals surface area contributed by atoms with E-state index in [1.807, 2.05) is 0 Å². The molecule has 2 heterocycles. The van der Waals surface area contributed by atoms with Crippen molar-refractivity contribution >= 4 is 24.0 Å². The molecule has 0 atom stereocenters. The normalized spacial score (nSPS) is 12.6. The minimum absolute atomic E-state index is 0.0330. The van der Waals surface area contributed by atoms with Gasteiger partial charge in [0.1, 0.15) is 6.73 Å². The van der Waals surface area contributed by atoms with Crippen LogP contribution >= 0.6 is 15.9 Å². The van der Waals surface area contributed by atoms with Crippen molar-refractivity contribution in [1.82, 2.24) is 19.7 Å². The summed E-state index contributed by atoms with van der Waals surface area (Å²) < 4.78 is 46.5. The quantitative estimate of drug-likeness (QED) is 0.484. The van der Waals surface area contributed by atoms with Crippen molar-refractivity contribution in [3.05, 3.63) is 28.3 Å². The molecule has 0 aliphatic heterocycles. The first-order valence-corrected chi connectivity index (χ1v) is 12.2. The lowest BCUT2D eigenvalue weighted by molar-refractivity contribution is -0.150. The largest absolute Gasteiger partial charge is 0.451 e. The van der Waals surface area contributed by atoms with E-state index in [9.17, 15) is 13.2 Å². The molecule has 0 aliphatic rings. The number of rotatable bonds is 6. The molecule has 2 aromatic heterocycles. The van der Waals surface area contributed by atoms with Crippen LogP contribution < -0.4 is 0 Å². The van der Waals surface area contributed by atoms with Crippen LogP contribution in [0.2, 0.25) is 25.7 Å². The van der Waals surface area contributed by atoms with Crippen molar-refractivity contribution in [2.24, 2.45) is 0 Å². The topological polar surface area (TPSA) is 52.8 Å². The number of halogens is 4. The van der Waals surface area contributed by atoms with Gasteiger partial charge in [0.15, 0.2) is 5.82 Å². The molecule has 0 saturated carbocycles. The van der Waals surface area contributed by atoms with Crippen LogP contribution in [-0.2, 0) is 17.6 Å². The SMILES string of the molecule is Cc1ncc(-c2nc(C(F)(F)F)n(COCC[Si](C)(C)C)n2)cc1Br. The van der Waals surface area contributed by atoms with Gasteiger partial charge in [-0.3, -0.25) is 4.98 Å². The van der Waals surface area contributed by atoms with Gasteiger partial charge in [-0.05, 0) is 35.0 Å². The number of pyridine rings is 1. The Labute approximate surface area is 153 Å². The third-order valence-corrected chi connectivity index (χ3v) is 5.93. The second-order valence-corrected chi connectivity index (χ2v) is 13.4. The molecule has 10 heteroatoms. The Bertz CT molecular complexity index is 743. The van der Waals surface area contributed by atoms with Gasteiger partial charge in [0.25, 0.3) is 0 Å². The standard InChI is InChI=1S/C15H20BrF3N4OSi/c1-10-12(16)7-11(8-20-10)13-21-14(15(17,18)19)23(22-13)9-24-5-6-25(2,3)4/h7-8H,5-6,9H2,1-4H3. The van der Waals surface area contributed by atoms with Crippen molar-refractivity contribution in [3.63, 3.8) is 0 Å². The fourth-order valence-electron chi connectivity index (χ4n) is 1.92. The number of aryl methyl sites for hydroxylation is 1. The zero-order valence-corrected chi connectivity index (χ0v) is 17.1. The number of nitrogens with zero attached hydrogens (tertiary/aromatic N) is 4. The Hall–Kier alpha value is -1.26. The summed E-state index contributed by atoms with van der Waals surface area (Å²) in [5, 5.41) is 3.96. The molecule has 0 spiro atoms. The molecule has 2 aromatic rings. The van der Waals surface area contributed by atoms with E-state index in [1.165, 1.54) is 6.20 Å². The summed E-state index contributed by atoms with van der Waals surface area (Å²) in [7, 11) is -1.31. The van der Waals surface area contributed by atoms with Crippen LogP contribution in [0.15, 0.2) is 16.7 Å². The molecule has 2 rings (SSSR count). The second kappa shape index (κ2) is 7.54. The number of ether oxygens (including phenoxy) is 1. The average molecular weight is 437 g/mol. The van der Waals surface area contributed by atoms with Crippen LogP contribution in [0.25, 0.3) is 11.4 Å². The monoisotopic (exact) mass is 436 g/mol. The average Bonchev–Trinajstić information content (AvgIpc) is 2.90. The van der Waals surface area contributed by atoms with Gasteiger partial charge in [0.2, 0.25) is 5.82 Å². The Kier molecular flexibility index (Phi) is 6.05. The van der Waals surface area contributed by atoms with Crippen molar-refractivity contribution < 1.29 is 17.9 Å². The number of hydrogen-bond acceptors (Lipinski definition) is 4. The van der Waals surface area contributed by atoms with Gasteiger partial charge in [-0.15, -0.1) is 5.10 Å². The Morgan fingerprint density at radius 2 is 1.96 bits per heavy atom. The number of aromatic nitrogens is 4. The van der Waals surface area contributed by atoms with Gasteiger partial charge in [-0.2, -0.15) is 13.2 Å². The fourth-order valence-corrected chi connectivity index (χ4v) is 3.03. The summed E-state index contributed by atoms with van der Waals surface area (Å²) in [4.78, 5) is 7.76. The van der Waals surface area contributed by atoms with Crippen LogP contribution in [0.4, 0.5) is 13.2 Å². The molecule has 0 unspecified atom stereocenters. The van der Waals surface area contributed by atoms with E-state index in [1.54, 1.807) is 13.0 Å². The van der Waals surface area contributed by atoms with Crippen molar-refractivity contribution in [3.8, 4) is 11.4 Å². The van der Waals surface area contributed by atoms with E-state index in [4.69, 9.17) is 4.74 Å². The molecule has 25 heavy (non-hydrogen) atoms. The van der Waals surface area contributed by atoms with Crippen LogP contribution in [0.1, 0.15) is 11.5 Å². The van der Waals surface area contributed by atoms with Gasteiger partial charge < -0.3 is 4.74 Å². The van der Waals surface area contributed by atoms with Gasteiger partial charge in [-0.25, -0.2) is 9.67 Å². The highest BCUT2D eigenvalue weighted by molar-refractivity contribution is 9.10. The van der Waals surface area contributed by atoms with E-state index in [-0.39, 0.29) is 12.6 Å². The maximum atomic E-state index is 13.2. The summed E-state index contributed by atoms with van der Waals surface area (Å²) in [6.07, 6.45) is -3.16. The highest BCUT2D eigenvalue weighted by Crippen LogP contribution is 2.30. The summed E-state index contributed by atoms with van der Waals surface area (Å²) in [5.41, 5.74) is 1.14. The van der Waals surface area contributed by atoms with Crippen molar-refractivity contribution in [2.45, 2.75) is 45.5 Å². The van der Waals surface area contributed by atoms with Gasteiger partial charge in [0.05, 0.1) is 5.69 Å². The van der Waals surface area contributed by atoms with Crippen LogP contribution in [-0.4, -0.2) is 34.4 Å². The Morgan fingerprint density at radius 3 is 2.52 bits per heavy atom. The zero-order chi connectivity index (χ0) is 18.8. The molecule has 0 radical (unpaired) electrons. The van der Waals surface area contributed by atoms with E-state index in [2.05, 4.69) is 50.6 Å². The lowest BCUT2D eigenvalue weighted by Gasteiger charge is -2.15. The Balaban J connectivity index is 2.23. The summed E-state index contributed by atoms with van der Waals surface area (Å²) in [5.74, 6) is -1.11. The molecule has 0 bridgehead atoms. The van der Waals surface area contributed by atoms with Gasteiger partial charge in [0, 0.05) is 30.9 Å². The molecular formula is C15H20BrF3N4OSi. The maximum absolute atomic E-state index is 13.2. The van der Waals surface area contributed by atoms with Crippen LogP contribution in [0.3, 0.4) is 0 Å². The van der Waals surface area contributed by atoms with Crippen molar-refractivity contribution in [2.75, 3.05) is 6.61 Å². The summed E-state index contributed by atoms with van der Waals surface area (Å²) >= 11 is 3.31. The smallest absolute Gasteiger partial charge is 0.359 e. The molecular weight excluding hydrogens is 417 g/mol. The molecule has 0 aromatic carbocycles. The first-order valence-electron chi connectivity index (χ1n) is 7.70. The maximum Gasteiger partial charge on any atom is 0.451 e. The Morgan fingerprint density at radius 1 is 1.28 bits per heavy atom. The van der Waals surface area contributed by atoms with E-state index in [0.717, 1.165) is 16.4 Å². The third-order valence-electron chi connectivity index (χ3n) is 3.42. The second-order valence-electron chi connectivity index (χ2n) is 6.90. The number of hydrogen-bond donors (Lipinski definition) is 0. The third kappa shape index (κ3) is 5.61. The summed E-state index contributed by atoms with van der Waals surface area (Å²) in [6.45, 7) is 8.42. The first-order chi connectivity index (χ1) is 11.5. The lowest BCUT2D eigenvalue weighted by atomic mass is 10.2. The van der Waals surface area contributed by atoms with Crippen LogP contribution in [0.5, 0.6) is 0 Å². The highest BCUT2D eigenvalue weighted by atomic mass is 79.9. The zero-order valence-electron chi connectivity index (χ0n) is 14.5. The minimum Gasteiger partial charge on any atom is -0.359 e. The highest BCUT2D eigenvalue weighted by Gasteiger charge is 2.38. The lowest BCUT2D eigenvalue weighted by Crippen LogP contribution is -2.23. The van der Waals surface area contributed by atoms with Crippen molar-refractivity contribution in [1.29, 1.82) is 0 Å². The molecule has 0 amide bonds. The van der Waals surface area contributed by atoms with Crippen LogP contribution in [0, 0.1) is 6.92 Å². The predicted molar refractivity (Wildman–Crippen MR) is 94.8 cm³/mol. The molecule has 138 valence electrons. The number of alkyl halides is 3. The first kappa shape index (κ1) is 20.1. The van der Waals surface area contributed by atoms with E-state index in [0.29, 0.717) is 16.6 Å². The molecule has 0 aliphatic carbocycles. The summed E-state index contributed by atoms with van der Waals surface area (Å²) in [6, 6.07) is 2.51. The molecule has 5 nitrogen and oxygen atoms in total. The predicted octanol–water partition coefficient (Wildman–Crippen LogP) is 4.74. The molecule has 0 N–H and O–H groups in total. The molecule has 0 saturated heterocycles.